The van der Waals surface area contributed by atoms with Crippen LogP contribution in [-0.2, 0) is 10.8 Å². The van der Waals surface area contributed by atoms with Crippen molar-refractivity contribution in [1.29, 1.82) is 0 Å². The Labute approximate surface area is 565 Å². The molecule has 3 aromatic heterocycles. The van der Waals surface area contributed by atoms with Gasteiger partial charge in [-0.15, -0.1) is 0 Å². The summed E-state index contributed by atoms with van der Waals surface area (Å²) < 4.78 is 4.79. The summed E-state index contributed by atoms with van der Waals surface area (Å²) in [6.07, 6.45) is 0. The molecule has 13 aromatic carbocycles. The van der Waals surface area contributed by atoms with Crippen molar-refractivity contribution in [2.45, 2.75) is 52.4 Å². The van der Waals surface area contributed by atoms with E-state index in [-0.39, 0.29) is 10.8 Å². The van der Waals surface area contributed by atoms with Gasteiger partial charge in [0.1, 0.15) is 11.6 Å². The standard InChI is InChI=1S/C90H74N4Si2/c1-89(2,3)68-49-55-84-80(59-68)81-60-69(90(4,5)6)50-56-85(81)94(84)87-62-86(93-82-43-27-25-41-78(82)79-42-26-28-44-83(79)93)91-88(92-87)67-57-76(95(70-33-17-9-18-34-70,71-35-19-10-20-36-71)74-51-45-65(46-52-74)63-29-13-7-14-30-63)61-77(58-67)96(72-37-21-11-22-38-72,73-39-23-12-24-40-73)75-53-47-66(48-54-75)64-31-15-8-16-32-64/h7-62H,1-6H3. The Morgan fingerprint density at radius 1 is 0.229 bits per heavy atom. The van der Waals surface area contributed by atoms with E-state index in [4.69, 9.17) is 9.97 Å². The van der Waals surface area contributed by atoms with Crippen LogP contribution in [0.2, 0.25) is 0 Å². The quantitative estimate of drug-likeness (QED) is 0.0852. The average molecular weight is 1270 g/mol. The van der Waals surface area contributed by atoms with Crippen molar-refractivity contribution in [3.63, 3.8) is 0 Å². The van der Waals surface area contributed by atoms with Gasteiger partial charge in [0.2, 0.25) is 0 Å². The van der Waals surface area contributed by atoms with E-state index in [9.17, 15) is 0 Å². The van der Waals surface area contributed by atoms with Gasteiger partial charge in [0.15, 0.2) is 22.0 Å². The number of para-hydroxylation sites is 2. The van der Waals surface area contributed by atoms with Crippen LogP contribution < -0.4 is 41.5 Å². The van der Waals surface area contributed by atoms with Crippen LogP contribution in [0.15, 0.2) is 340 Å². The van der Waals surface area contributed by atoms with Crippen molar-refractivity contribution in [2.24, 2.45) is 0 Å². The molecule has 0 atom stereocenters. The van der Waals surface area contributed by atoms with E-state index in [1.54, 1.807) is 0 Å². The van der Waals surface area contributed by atoms with Crippen molar-refractivity contribution in [3.8, 4) is 45.3 Å². The van der Waals surface area contributed by atoms with E-state index in [1.807, 2.05) is 0 Å². The first kappa shape index (κ1) is 60.0. The molecule has 3 heterocycles. The molecule has 0 saturated heterocycles. The van der Waals surface area contributed by atoms with E-state index in [0.29, 0.717) is 5.82 Å². The molecule has 0 unspecified atom stereocenters. The molecule has 96 heavy (non-hydrogen) atoms. The van der Waals surface area contributed by atoms with Gasteiger partial charge in [-0.05, 0) is 122 Å². The van der Waals surface area contributed by atoms with Crippen LogP contribution in [0.3, 0.4) is 0 Å². The first-order chi connectivity index (χ1) is 46.8. The highest BCUT2D eigenvalue weighted by atomic mass is 28.3. The summed E-state index contributed by atoms with van der Waals surface area (Å²) in [5, 5.41) is 14.9. The third-order valence-corrected chi connectivity index (χ3v) is 29.5. The normalized spacial score (nSPS) is 12.3. The highest BCUT2D eigenvalue weighted by Crippen LogP contribution is 2.40. The van der Waals surface area contributed by atoms with Gasteiger partial charge in [0, 0.05) is 33.2 Å². The van der Waals surface area contributed by atoms with E-state index in [1.165, 1.54) is 96.4 Å². The second kappa shape index (κ2) is 24.1. The van der Waals surface area contributed by atoms with Crippen LogP contribution >= 0.6 is 0 Å². The van der Waals surface area contributed by atoms with Crippen LogP contribution in [0.5, 0.6) is 0 Å². The summed E-state index contributed by atoms with van der Waals surface area (Å²) in [5.74, 6) is 2.20. The van der Waals surface area contributed by atoms with Gasteiger partial charge in [0.25, 0.3) is 0 Å². The van der Waals surface area contributed by atoms with E-state index >= 15 is 0 Å². The number of nitrogens with zero attached hydrogens (tertiary/aromatic N) is 4. The highest BCUT2D eigenvalue weighted by molar-refractivity contribution is 7.22. The second-order valence-corrected chi connectivity index (χ2v) is 35.3. The molecule has 0 spiro atoms. The molecular weight excluding hydrogens is 1190 g/mol. The van der Waals surface area contributed by atoms with Crippen molar-refractivity contribution in [2.75, 3.05) is 0 Å². The van der Waals surface area contributed by atoms with Gasteiger partial charge in [-0.25, -0.2) is 9.97 Å². The zero-order valence-electron chi connectivity index (χ0n) is 55.1. The Morgan fingerprint density at radius 2 is 0.521 bits per heavy atom. The van der Waals surface area contributed by atoms with Crippen LogP contribution in [0.1, 0.15) is 52.7 Å². The molecule has 0 radical (unpaired) electrons. The minimum absolute atomic E-state index is 0.0807. The molecule has 462 valence electrons. The van der Waals surface area contributed by atoms with Crippen molar-refractivity contribution < 1.29 is 0 Å². The Morgan fingerprint density at radius 3 is 0.865 bits per heavy atom. The molecule has 0 amide bonds. The first-order valence-corrected chi connectivity index (χ1v) is 37.5. The first-order valence-electron chi connectivity index (χ1n) is 33.5. The maximum absolute atomic E-state index is 6.10. The Bertz CT molecular complexity index is 5110. The Balaban J connectivity index is 1.08. The van der Waals surface area contributed by atoms with Gasteiger partial charge < -0.3 is 0 Å². The Kier molecular flexibility index (Phi) is 15.0. The van der Waals surface area contributed by atoms with Gasteiger partial charge >= 0.3 is 0 Å². The summed E-state index contributed by atoms with van der Waals surface area (Å²) in [5.41, 5.74) is 12.4. The van der Waals surface area contributed by atoms with Gasteiger partial charge in [0.05, 0.1) is 22.1 Å². The fourth-order valence-electron chi connectivity index (χ4n) is 15.2. The number of rotatable bonds is 13. The molecule has 6 heteroatoms. The number of aromatic nitrogens is 4. The lowest BCUT2D eigenvalue weighted by atomic mass is 9.85. The predicted molar refractivity (Wildman–Crippen MR) is 412 cm³/mol. The second-order valence-electron chi connectivity index (χ2n) is 27.7. The van der Waals surface area contributed by atoms with Gasteiger partial charge in [-0.1, -0.05) is 339 Å². The maximum Gasteiger partial charge on any atom is 0.179 e. The summed E-state index contributed by atoms with van der Waals surface area (Å²) in [4.78, 5) is 12.2. The Hall–Kier alpha value is -11.0. The molecule has 0 bridgehead atoms. The summed E-state index contributed by atoms with van der Waals surface area (Å²) in [6, 6.07) is 128. The topological polar surface area (TPSA) is 35.6 Å². The molecule has 16 rings (SSSR count). The lowest BCUT2D eigenvalue weighted by Crippen LogP contribution is -2.78. The highest BCUT2D eigenvalue weighted by Gasteiger charge is 2.46. The summed E-state index contributed by atoms with van der Waals surface area (Å²) >= 11 is 0. The SMILES string of the molecule is CC(C)(C)c1ccc2c(c1)c1cc(C(C)(C)C)ccc1n2-c1cc(-n2c3ccccc3c3ccccc32)nc(-c2cc([Si](c3ccccc3)(c3ccccc3)c3ccc(-c4ccccc4)cc3)cc([Si](c3ccccc3)(c3ccccc3)c3ccc(-c4ccccc4)cc3)c2)n1. The molecule has 0 N–H and O–H groups in total. The number of benzene rings is 13. The molecule has 0 aliphatic rings. The molecule has 0 saturated carbocycles. The maximum atomic E-state index is 6.10. The molecule has 0 aliphatic carbocycles. The van der Waals surface area contributed by atoms with Gasteiger partial charge in [-0.3, -0.25) is 9.13 Å². The average Bonchev–Trinajstić information content (AvgIpc) is 1.57. The minimum Gasteiger partial charge on any atom is -0.294 e. The molecule has 0 aliphatic heterocycles. The predicted octanol–water partition coefficient (Wildman–Crippen LogP) is 17.0. The number of hydrogen-bond donors (Lipinski definition) is 0. The third kappa shape index (κ3) is 10.3. The van der Waals surface area contributed by atoms with Crippen molar-refractivity contribution in [1.82, 2.24) is 19.1 Å². The lowest BCUT2D eigenvalue weighted by molar-refractivity contribution is 0.590. The van der Waals surface area contributed by atoms with Crippen molar-refractivity contribution >= 4 is 101 Å². The third-order valence-electron chi connectivity index (χ3n) is 20.0. The van der Waals surface area contributed by atoms with Crippen LogP contribution in [0.4, 0.5) is 0 Å². The molecular formula is C90H74N4Si2. The van der Waals surface area contributed by atoms with Crippen LogP contribution in [0, 0.1) is 0 Å². The monoisotopic (exact) mass is 1270 g/mol. The molecule has 16 aromatic rings. The number of hydrogen-bond acceptors (Lipinski definition) is 2. The largest absolute Gasteiger partial charge is 0.294 e. The molecule has 0 fully saturated rings. The minimum atomic E-state index is -3.42. The fraction of sp³-hybridized carbons (Fsp3) is 0.0889. The molecule has 4 nitrogen and oxygen atoms in total. The van der Waals surface area contributed by atoms with Crippen LogP contribution in [0.25, 0.3) is 88.9 Å². The zero-order valence-corrected chi connectivity index (χ0v) is 57.1. The van der Waals surface area contributed by atoms with Crippen molar-refractivity contribution in [3.05, 3.63) is 351 Å². The fourth-order valence-corrected chi connectivity index (χ4v) is 24.9. The smallest absolute Gasteiger partial charge is 0.179 e. The zero-order chi connectivity index (χ0) is 65.2. The van der Waals surface area contributed by atoms with Gasteiger partial charge in [-0.2, -0.15) is 0 Å². The van der Waals surface area contributed by atoms with E-state index in [0.717, 1.165) is 39.3 Å². The van der Waals surface area contributed by atoms with E-state index in [2.05, 4.69) is 390 Å². The summed E-state index contributed by atoms with van der Waals surface area (Å²) in [6.45, 7) is 13.9. The van der Waals surface area contributed by atoms with E-state index < -0.39 is 16.1 Å². The van der Waals surface area contributed by atoms with Crippen LogP contribution in [-0.4, -0.2) is 35.2 Å². The lowest BCUT2D eigenvalue weighted by Gasteiger charge is -2.38. The summed E-state index contributed by atoms with van der Waals surface area (Å²) in [7, 11) is -6.84. The number of fused-ring (bicyclic) bond motifs is 6.